The summed E-state index contributed by atoms with van der Waals surface area (Å²) in [5.41, 5.74) is 1.69. The Kier molecular flexibility index (Phi) is 3.56. The molecule has 5 heteroatoms. The smallest absolute Gasteiger partial charge is 0.190 e. The van der Waals surface area contributed by atoms with Crippen LogP contribution in [0, 0.1) is 6.92 Å². The van der Waals surface area contributed by atoms with Crippen LogP contribution >= 0.6 is 0 Å². The number of rotatable bonds is 1. The van der Waals surface area contributed by atoms with Gasteiger partial charge in [-0.05, 0) is 55.1 Å². The molecule has 0 amide bonds. The molecule has 1 aliphatic carbocycles. The molecule has 0 fully saturated rings. The fourth-order valence-electron chi connectivity index (χ4n) is 3.58. The minimum Gasteiger partial charge on any atom is -0.507 e. The number of benzene rings is 3. The molecule has 0 saturated heterocycles. The van der Waals surface area contributed by atoms with Gasteiger partial charge in [0, 0.05) is 22.3 Å². The molecule has 5 nitrogen and oxygen atoms in total. The van der Waals surface area contributed by atoms with Gasteiger partial charge in [-0.3, -0.25) is 9.59 Å². The van der Waals surface area contributed by atoms with Crippen LogP contribution in [0.15, 0.2) is 48.0 Å². The summed E-state index contributed by atoms with van der Waals surface area (Å²) in [4.78, 5) is 24.6. The third-order valence-corrected chi connectivity index (χ3v) is 4.88. The van der Waals surface area contributed by atoms with Crippen molar-refractivity contribution in [1.29, 1.82) is 0 Å². The van der Waals surface area contributed by atoms with Crippen molar-refractivity contribution in [3.8, 4) is 28.4 Å². The van der Waals surface area contributed by atoms with E-state index in [4.69, 9.17) is 0 Å². The normalized spacial score (nSPS) is 13.6. The number of fused-ring (bicyclic) bond motifs is 2. The molecule has 3 aromatic rings. The van der Waals surface area contributed by atoms with E-state index in [1.54, 1.807) is 19.1 Å². The van der Waals surface area contributed by atoms with Gasteiger partial charge < -0.3 is 15.3 Å². The third-order valence-electron chi connectivity index (χ3n) is 4.88. The second-order valence-electron chi connectivity index (χ2n) is 6.75. The van der Waals surface area contributed by atoms with E-state index >= 15 is 0 Å². The summed E-state index contributed by atoms with van der Waals surface area (Å²) in [6.45, 7) is 3.38. The van der Waals surface area contributed by atoms with Crippen molar-refractivity contribution in [2.45, 2.75) is 13.8 Å². The highest BCUT2D eigenvalue weighted by atomic mass is 16.3. The first-order chi connectivity index (χ1) is 12.8. The van der Waals surface area contributed by atoms with Crippen LogP contribution in [0.2, 0.25) is 0 Å². The van der Waals surface area contributed by atoms with Crippen LogP contribution in [0.5, 0.6) is 17.2 Å². The fraction of sp³-hybridized carbons (Fsp3) is 0.0909. The molecule has 0 heterocycles. The van der Waals surface area contributed by atoms with Gasteiger partial charge in [-0.25, -0.2) is 0 Å². The number of phenolic OH excluding ortho intramolecular Hbond substituents is 3. The van der Waals surface area contributed by atoms with Crippen LogP contribution in [0.3, 0.4) is 0 Å². The van der Waals surface area contributed by atoms with Gasteiger partial charge >= 0.3 is 0 Å². The Balaban J connectivity index is 1.99. The van der Waals surface area contributed by atoms with E-state index in [1.807, 2.05) is 13.0 Å². The van der Waals surface area contributed by atoms with Crippen LogP contribution in [0.4, 0.5) is 0 Å². The zero-order valence-electron chi connectivity index (χ0n) is 14.7. The van der Waals surface area contributed by atoms with E-state index < -0.39 is 5.78 Å². The molecule has 0 aliphatic heterocycles. The van der Waals surface area contributed by atoms with Crippen molar-refractivity contribution in [1.82, 2.24) is 0 Å². The quantitative estimate of drug-likeness (QED) is 0.603. The topological polar surface area (TPSA) is 94.8 Å². The molecule has 3 N–H and O–H groups in total. The van der Waals surface area contributed by atoms with Gasteiger partial charge in [-0.1, -0.05) is 12.1 Å². The second kappa shape index (κ2) is 5.71. The Labute approximate surface area is 154 Å². The highest BCUT2D eigenvalue weighted by Crippen LogP contribution is 2.45. The number of ketones is 2. The highest BCUT2D eigenvalue weighted by molar-refractivity contribution is 6.26. The lowest BCUT2D eigenvalue weighted by Gasteiger charge is -2.17. The largest absolute Gasteiger partial charge is 0.507 e. The van der Waals surface area contributed by atoms with E-state index in [9.17, 15) is 24.9 Å². The Morgan fingerprint density at radius 3 is 2.15 bits per heavy atom. The van der Waals surface area contributed by atoms with Crippen LogP contribution in [0.1, 0.15) is 33.2 Å². The fourth-order valence-corrected chi connectivity index (χ4v) is 3.58. The van der Waals surface area contributed by atoms with E-state index in [0.29, 0.717) is 11.0 Å². The summed E-state index contributed by atoms with van der Waals surface area (Å²) in [6, 6.07) is 9.64. The standard InChI is InChI=1S/C22H16O5/c1-10-7-12-3-4-13(21(26)18(12)16(23)8-10)14-5-6-15-19(22(14)27)17(24)9-11(2)20(15)25/h3-9,23,26-27H,1-2H3. The zero-order valence-corrected chi connectivity index (χ0v) is 14.7. The molecule has 0 unspecified atom stereocenters. The molecule has 0 atom stereocenters. The number of Topliss-reactive ketones (excluding diaryl/α,β-unsaturated/α-hetero) is 1. The molecule has 0 spiro atoms. The second-order valence-corrected chi connectivity index (χ2v) is 6.75. The number of hydrogen-bond acceptors (Lipinski definition) is 5. The molecule has 0 radical (unpaired) electrons. The number of hydrogen-bond donors (Lipinski definition) is 3. The van der Waals surface area contributed by atoms with Crippen LogP contribution < -0.4 is 0 Å². The molecule has 0 aromatic heterocycles. The van der Waals surface area contributed by atoms with Gasteiger partial charge in [-0.15, -0.1) is 0 Å². The lowest BCUT2D eigenvalue weighted by molar-refractivity contribution is 0.0982. The Bertz CT molecular complexity index is 1200. The van der Waals surface area contributed by atoms with Crippen LogP contribution in [0.25, 0.3) is 21.9 Å². The SMILES string of the molecule is CC1=CC(=O)c2c(ccc(-c3ccc4cc(C)cc(O)c4c3O)c2O)C1=O. The number of carbonyl (C=O) groups is 2. The van der Waals surface area contributed by atoms with E-state index in [1.165, 1.54) is 24.3 Å². The first-order valence-electron chi connectivity index (χ1n) is 8.38. The predicted octanol–water partition coefficient (Wildman–Crippen LogP) is 4.26. The Morgan fingerprint density at radius 2 is 1.41 bits per heavy atom. The van der Waals surface area contributed by atoms with Crippen molar-refractivity contribution in [2.24, 2.45) is 0 Å². The van der Waals surface area contributed by atoms with Gasteiger partial charge in [0.15, 0.2) is 11.6 Å². The summed E-state index contributed by atoms with van der Waals surface area (Å²) in [7, 11) is 0. The minimum atomic E-state index is -0.458. The average Bonchev–Trinajstić information content (AvgIpc) is 2.59. The maximum absolute atomic E-state index is 12.3. The summed E-state index contributed by atoms with van der Waals surface area (Å²) in [5.74, 6) is -1.42. The molecular formula is C22H16O5. The number of phenols is 3. The van der Waals surface area contributed by atoms with E-state index in [2.05, 4.69) is 0 Å². The number of aryl methyl sites for hydroxylation is 1. The molecule has 134 valence electrons. The van der Waals surface area contributed by atoms with Gasteiger partial charge in [0.1, 0.15) is 17.2 Å². The molecule has 0 bridgehead atoms. The minimum absolute atomic E-state index is 0.0734. The molecular weight excluding hydrogens is 344 g/mol. The van der Waals surface area contributed by atoms with Crippen molar-refractivity contribution in [2.75, 3.05) is 0 Å². The Morgan fingerprint density at radius 1 is 0.778 bits per heavy atom. The lowest BCUT2D eigenvalue weighted by Crippen LogP contribution is -2.15. The van der Waals surface area contributed by atoms with Crippen molar-refractivity contribution < 1.29 is 24.9 Å². The zero-order chi connectivity index (χ0) is 19.5. The van der Waals surface area contributed by atoms with Crippen molar-refractivity contribution >= 4 is 22.3 Å². The third kappa shape index (κ3) is 2.39. The van der Waals surface area contributed by atoms with Crippen molar-refractivity contribution in [3.05, 3.63) is 64.7 Å². The summed E-state index contributed by atoms with van der Waals surface area (Å²) in [5, 5.41) is 32.6. The van der Waals surface area contributed by atoms with E-state index in [-0.39, 0.29) is 50.7 Å². The number of allylic oxidation sites excluding steroid dienone is 2. The van der Waals surface area contributed by atoms with Crippen LogP contribution in [-0.2, 0) is 0 Å². The van der Waals surface area contributed by atoms with Gasteiger partial charge in [0.2, 0.25) is 0 Å². The lowest BCUT2D eigenvalue weighted by atomic mass is 9.86. The van der Waals surface area contributed by atoms with Gasteiger partial charge in [0.05, 0.1) is 10.9 Å². The monoisotopic (exact) mass is 360 g/mol. The predicted molar refractivity (Wildman–Crippen MR) is 102 cm³/mol. The molecule has 3 aromatic carbocycles. The molecule has 27 heavy (non-hydrogen) atoms. The first-order valence-corrected chi connectivity index (χ1v) is 8.38. The average molecular weight is 360 g/mol. The first kappa shape index (κ1) is 16.8. The Hall–Kier alpha value is -3.60. The van der Waals surface area contributed by atoms with Crippen LogP contribution in [-0.4, -0.2) is 26.9 Å². The number of carbonyl (C=O) groups excluding carboxylic acids is 2. The van der Waals surface area contributed by atoms with Crippen molar-refractivity contribution in [3.63, 3.8) is 0 Å². The van der Waals surface area contributed by atoms with E-state index in [0.717, 1.165) is 5.56 Å². The maximum atomic E-state index is 12.3. The summed E-state index contributed by atoms with van der Waals surface area (Å²) in [6.07, 6.45) is 1.20. The maximum Gasteiger partial charge on any atom is 0.190 e. The molecule has 1 aliphatic rings. The summed E-state index contributed by atoms with van der Waals surface area (Å²) < 4.78 is 0. The molecule has 0 saturated carbocycles. The van der Waals surface area contributed by atoms with Gasteiger partial charge in [0.25, 0.3) is 0 Å². The molecule has 4 rings (SSSR count). The summed E-state index contributed by atoms with van der Waals surface area (Å²) >= 11 is 0. The number of aromatic hydroxyl groups is 3. The van der Waals surface area contributed by atoms with Gasteiger partial charge in [-0.2, -0.15) is 0 Å². The highest BCUT2D eigenvalue weighted by Gasteiger charge is 2.28.